The summed E-state index contributed by atoms with van der Waals surface area (Å²) in [5.74, 6) is -1.51. The zero-order valence-corrected chi connectivity index (χ0v) is 33.1. The minimum Gasteiger partial charge on any atom is -0.344 e. The van der Waals surface area contributed by atoms with Gasteiger partial charge >= 0.3 is 0 Å². The molecule has 4 atom stereocenters. The van der Waals surface area contributed by atoms with E-state index in [1.54, 1.807) is 0 Å². The highest BCUT2D eigenvalue weighted by molar-refractivity contribution is 5.98. The Labute approximate surface area is 317 Å². The minimum absolute atomic E-state index is 0.148. The number of rotatable bonds is 4. The maximum atomic E-state index is 14.3. The Morgan fingerprint density at radius 1 is 0.537 bits per heavy atom. The van der Waals surface area contributed by atoms with Gasteiger partial charge in [-0.25, -0.2) is 9.97 Å². The fourth-order valence-electron chi connectivity index (χ4n) is 7.51. The molecule has 5 heterocycles. The summed E-state index contributed by atoms with van der Waals surface area (Å²) in [6.45, 7) is 19.9. The summed E-state index contributed by atoms with van der Waals surface area (Å²) in [6.07, 6.45) is 0. The average Bonchev–Trinajstić information content (AvgIpc) is 3.61. The minimum atomic E-state index is -0.902. The van der Waals surface area contributed by atoms with Gasteiger partial charge in [0.15, 0.2) is 0 Å². The van der Waals surface area contributed by atoms with Crippen LogP contribution < -0.4 is 21.3 Å². The smallest absolute Gasteiger partial charge is 0.272 e. The summed E-state index contributed by atoms with van der Waals surface area (Å²) < 4.78 is 3.96. The number of fused-ring (bicyclic) bond motifs is 10. The van der Waals surface area contributed by atoms with E-state index in [1.165, 1.54) is 0 Å². The summed E-state index contributed by atoms with van der Waals surface area (Å²) in [7, 11) is 0. The van der Waals surface area contributed by atoms with Gasteiger partial charge in [0.25, 0.3) is 11.8 Å². The number of hydrogen-bond acceptors (Lipinski definition) is 6. The topological polar surface area (TPSA) is 152 Å². The van der Waals surface area contributed by atoms with Gasteiger partial charge in [-0.05, 0) is 71.9 Å². The van der Waals surface area contributed by atoms with E-state index in [-0.39, 0.29) is 46.9 Å². The van der Waals surface area contributed by atoms with Crippen molar-refractivity contribution in [2.45, 2.75) is 106 Å². The maximum Gasteiger partial charge on any atom is 0.272 e. The lowest BCUT2D eigenvalue weighted by Gasteiger charge is -2.28. The molecule has 54 heavy (non-hydrogen) atoms. The summed E-state index contributed by atoms with van der Waals surface area (Å²) in [5, 5.41) is 12.4. The molecule has 3 aliphatic heterocycles. The molecule has 7 rings (SSSR count). The lowest BCUT2D eigenvalue weighted by Crippen LogP contribution is -2.52. The van der Waals surface area contributed by atoms with Crippen LogP contribution in [0.2, 0.25) is 0 Å². The van der Waals surface area contributed by atoms with Crippen LogP contribution >= 0.6 is 0 Å². The predicted octanol–water partition coefficient (Wildman–Crippen LogP) is 5.62. The van der Waals surface area contributed by atoms with Crippen molar-refractivity contribution in [3.05, 3.63) is 94.1 Å². The number of amides is 4. The average molecular weight is 735 g/mol. The van der Waals surface area contributed by atoms with E-state index < -0.39 is 36.0 Å². The van der Waals surface area contributed by atoms with Crippen molar-refractivity contribution in [1.82, 2.24) is 40.4 Å². The number of nitrogens with zero attached hydrogens (tertiary/aromatic N) is 4. The number of hydrogen-bond donors (Lipinski definition) is 4. The van der Waals surface area contributed by atoms with Crippen LogP contribution in [0.1, 0.15) is 123 Å². The van der Waals surface area contributed by atoms with Crippen molar-refractivity contribution in [2.24, 2.45) is 23.7 Å². The van der Waals surface area contributed by atoms with Crippen LogP contribution in [-0.4, -0.2) is 54.8 Å². The van der Waals surface area contributed by atoms with Crippen molar-refractivity contribution in [1.29, 1.82) is 0 Å². The van der Waals surface area contributed by atoms with E-state index >= 15 is 0 Å². The Morgan fingerprint density at radius 3 is 1.22 bits per heavy atom. The third kappa shape index (κ3) is 7.43. The molecule has 12 nitrogen and oxygen atoms in total. The van der Waals surface area contributed by atoms with E-state index in [4.69, 9.17) is 9.97 Å². The number of nitrogens with one attached hydrogen (secondary N) is 4. The molecule has 0 fully saturated rings. The number of imidazole rings is 2. The van der Waals surface area contributed by atoms with Crippen LogP contribution in [0.25, 0.3) is 11.1 Å². The summed E-state index contributed by atoms with van der Waals surface area (Å²) in [6, 6.07) is 13.5. The van der Waals surface area contributed by atoms with Crippen LogP contribution in [-0.2, 0) is 22.7 Å². The van der Waals surface area contributed by atoms with Gasteiger partial charge in [0.1, 0.15) is 35.1 Å². The Balaban J connectivity index is 1.69. The van der Waals surface area contributed by atoms with Crippen molar-refractivity contribution >= 4 is 23.6 Å². The van der Waals surface area contributed by atoms with E-state index in [0.717, 1.165) is 22.3 Å². The molecular weight excluding hydrogens is 681 g/mol. The Bertz CT molecular complexity index is 1940. The molecule has 2 aromatic heterocycles. The Morgan fingerprint density at radius 2 is 0.889 bits per heavy atom. The molecule has 3 aliphatic rings. The van der Waals surface area contributed by atoms with Crippen LogP contribution in [0, 0.1) is 37.5 Å². The van der Waals surface area contributed by atoms with E-state index in [0.29, 0.717) is 36.1 Å². The largest absolute Gasteiger partial charge is 0.344 e. The lowest BCUT2D eigenvalue weighted by molar-refractivity contribution is -0.125. The number of benzene rings is 2. The zero-order valence-electron chi connectivity index (χ0n) is 33.1. The normalized spacial score (nSPS) is 20.9. The maximum absolute atomic E-state index is 14.3. The first-order chi connectivity index (χ1) is 25.5. The van der Waals surface area contributed by atoms with Gasteiger partial charge in [0.05, 0.1) is 12.1 Å². The Kier molecular flexibility index (Phi) is 10.9. The molecule has 4 amide bonds. The second-order valence-corrected chi connectivity index (χ2v) is 16.2. The second kappa shape index (κ2) is 15.2. The third-order valence-corrected chi connectivity index (χ3v) is 10.8. The summed E-state index contributed by atoms with van der Waals surface area (Å²) >= 11 is 0. The van der Waals surface area contributed by atoms with E-state index in [2.05, 4.69) is 45.5 Å². The van der Waals surface area contributed by atoms with Crippen LogP contribution in [0.5, 0.6) is 0 Å². The van der Waals surface area contributed by atoms with Gasteiger partial charge in [0.2, 0.25) is 11.8 Å². The van der Waals surface area contributed by atoms with E-state index in [1.807, 2.05) is 103 Å². The lowest BCUT2D eigenvalue weighted by atomic mass is 9.98. The fourth-order valence-corrected chi connectivity index (χ4v) is 7.51. The Hall–Kier alpha value is -5.26. The summed E-state index contributed by atoms with van der Waals surface area (Å²) in [5.41, 5.74) is 5.57. The molecule has 2 aromatic carbocycles. The molecule has 4 aromatic rings. The van der Waals surface area contributed by atoms with Gasteiger partial charge < -0.3 is 30.4 Å². The van der Waals surface area contributed by atoms with Crippen molar-refractivity contribution in [2.75, 3.05) is 0 Å². The molecule has 0 radical (unpaired) electrons. The predicted molar refractivity (Wildman–Crippen MR) is 208 cm³/mol. The van der Waals surface area contributed by atoms with Gasteiger partial charge in [-0.3, -0.25) is 19.2 Å². The highest BCUT2D eigenvalue weighted by atomic mass is 16.2. The standard InChI is InChI=1S/C42H54N8O4/c1-21(2)31-37-43-35-25(9)49(37)19-27-13-11-15-29(17-27)30-16-12-14-28(18-30)20-50-26(10)36(42(54)47-33(23(5)6)39(51)45-31)44-38(50)32(22(3)4)46-40(52)34(24(7)8)48-41(35)53/h11-18,21-24,31-34H,19-20H2,1-10H3,(H,45,51)(H,46,52)(H,47,54)(H,48,53)/t31-,32-,33-,34-/m0/s1. The first kappa shape index (κ1) is 38.5. The fraction of sp³-hybridized carbons (Fsp3) is 0.476. The molecule has 12 heteroatoms. The van der Waals surface area contributed by atoms with Gasteiger partial charge in [-0.15, -0.1) is 0 Å². The zero-order chi connectivity index (χ0) is 39.2. The number of carbonyl (C=O) groups is 4. The first-order valence-corrected chi connectivity index (χ1v) is 19.1. The van der Waals surface area contributed by atoms with Crippen molar-refractivity contribution in [3.8, 4) is 11.1 Å². The molecule has 10 bridgehead atoms. The number of aromatic nitrogens is 4. The molecule has 0 saturated carbocycles. The van der Waals surface area contributed by atoms with Crippen molar-refractivity contribution < 1.29 is 19.2 Å². The monoisotopic (exact) mass is 734 g/mol. The van der Waals surface area contributed by atoms with Crippen LogP contribution in [0.4, 0.5) is 0 Å². The molecule has 4 N–H and O–H groups in total. The molecule has 286 valence electrons. The third-order valence-electron chi connectivity index (χ3n) is 10.8. The molecule has 0 aliphatic carbocycles. The molecule has 0 saturated heterocycles. The highest BCUT2D eigenvalue weighted by Crippen LogP contribution is 2.30. The molecule has 0 spiro atoms. The SMILES string of the molecule is Cc1c2nc3n1Cc1cccc(c1)-c1cccc(c1)Cn1c(nc(c1C)C(=O)N[C@@H](C(C)C)C(=O)N[C@H]3C(C)C)[C@H](C(C)C)NC(=O)[C@H](C(C)C)NC2=O. The van der Waals surface area contributed by atoms with E-state index in [9.17, 15) is 19.2 Å². The number of carbonyl (C=O) groups excluding carboxylic acids is 4. The molecule has 0 unspecified atom stereocenters. The molecular formula is C42H54N8O4. The van der Waals surface area contributed by atoms with Gasteiger partial charge in [0, 0.05) is 24.5 Å². The second-order valence-electron chi connectivity index (χ2n) is 16.2. The summed E-state index contributed by atoms with van der Waals surface area (Å²) in [4.78, 5) is 67.1. The quantitative estimate of drug-likeness (QED) is 0.214. The van der Waals surface area contributed by atoms with Crippen LogP contribution in [0.3, 0.4) is 0 Å². The van der Waals surface area contributed by atoms with Crippen molar-refractivity contribution in [3.63, 3.8) is 0 Å². The van der Waals surface area contributed by atoms with Gasteiger partial charge in [-0.1, -0.05) is 91.8 Å². The highest BCUT2D eigenvalue weighted by Gasteiger charge is 2.37. The first-order valence-electron chi connectivity index (χ1n) is 19.1. The van der Waals surface area contributed by atoms with Gasteiger partial charge in [-0.2, -0.15) is 0 Å². The van der Waals surface area contributed by atoms with Crippen LogP contribution in [0.15, 0.2) is 48.5 Å².